The quantitative estimate of drug-likeness (QED) is 0.165. The molecule has 7 nitrogen and oxygen atoms in total. The first-order valence-corrected chi connectivity index (χ1v) is 11.1. The molecule has 0 aromatic heterocycles. The molecule has 1 saturated heterocycles. The number of thioether (sulfide) groups is 2. The molecule has 0 bridgehead atoms. The topological polar surface area (TPSA) is 82.1 Å². The Hall–Kier alpha value is -1.19. The first-order chi connectivity index (χ1) is 13.0. The third-order valence-electron chi connectivity index (χ3n) is 3.45. The smallest absolute Gasteiger partial charge is 0.347 e. The number of hydrogen-bond donors (Lipinski definition) is 0. The standard InChI is InChI=1S/C18H29NO6S2/c1-5-9-19(10-6-2)11-13(20)25-14-12-26-18(27-14)15(16(21)23-7-3)17(22)24-8-4/h14H,5-12H2,1-4H3. The van der Waals surface area contributed by atoms with Gasteiger partial charge in [-0.15, -0.1) is 11.8 Å². The average Bonchev–Trinajstić information content (AvgIpc) is 3.03. The van der Waals surface area contributed by atoms with Crippen LogP contribution in [0.5, 0.6) is 0 Å². The molecule has 0 aromatic carbocycles. The molecule has 0 aromatic rings. The molecule has 1 heterocycles. The Morgan fingerprint density at radius 1 is 1.00 bits per heavy atom. The monoisotopic (exact) mass is 419 g/mol. The van der Waals surface area contributed by atoms with E-state index in [9.17, 15) is 14.4 Å². The largest absolute Gasteiger partial charge is 0.462 e. The number of ether oxygens (including phenoxy) is 3. The Balaban J connectivity index is 2.74. The van der Waals surface area contributed by atoms with Crippen LogP contribution in [-0.2, 0) is 28.6 Å². The molecule has 9 heteroatoms. The summed E-state index contributed by atoms with van der Waals surface area (Å²) in [6.07, 6.45) is 1.94. The van der Waals surface area contributed by atoms with E-state index in [1.807, 2.05) is 0 Å². The molecule has 1 aliphatic heterocycles. The van der Waals surface area contributed by atoms with Gasteiger partial charge in [-0.25, -0.2) is 9.59 Å². The molecule has 1 rings (SSSR count). The lowest BCUT2D eigenvalue weighted by Gasteiger charge is -2.20. The second kappa shape index (κ2) is 13.1. The van der Waals surface area contributed by atoms with Crippen LogP contribution in [0.4, 0.5) is 0 Å². The van der Waals surface area contributed by atoms with Crippen molar-refractivity contribution in [3.05, 3.63) is 9.81 Å². The van der Waals surface area contributed by atoms with Crippen LogP contribution < -0.4 is 0 Å². The molecule has 0 spiro atoms. The number of nitrogens with zero attached hydrogens (tertiary/aromatic N) is 1. The Morgan fingerprint density at radius 2 is 1.56 bits per heavy atom. The molecule has 1 aliphatic rings. The minimum Gasteiger partial charge on any atom is -0.462 e. The first kappa shape index (κ1) is 23.8. The van der Waals surface area contributed by atoms with Crippen molar-refractivity contribution >= 4 is 41.4 Å². The predicted octanol–water partition coefficient (Wildman–Crippen LogP) is 2.80. The summed E-state index contributed by atoms with van der Waals surface area (Å²) in [6.45, 7) is 9.73. The fourth-order valence-electron chi connectivity index (χ4n) is 2.45. The van der Waals surface area contributed by atoms with Crippen molar-refractivity contribution in [1.82, 2.24) is 4.90 Å². The summed E-state index contributed by atoms with van der Waals surface area (Å²) in [5.74, 6) is -1.26. The van der Waals surface area contributed by atoms with Crippen LogP contribution in [-0.4, -0.2) is 66.8 Å². The maximum atomic E-state index is 12.2. The summed E-state index contributed by atoms with van der Waals surface area (Å²) in [4.78, 5) is 38.6. The first-order valence-electron chi connectivity index (χ1n) is 9.26. The SMILES string of the molecule is CCCN(CCC)CC(=O)OC1CSC(=C(C(=O)OCC)C(=O)OCC)S1. The summed E-state index contributed by atoms with van der Waals surface area (Å²) in [5.41, 5.74) is -0.563. The number of carbonyl (C=O) groups excluding carboxylic acids is 3. The Bertz CT molecular complexity index is 526. The summed E-state index contributed by atoms with van der Waals surface area (Å²) in [7, 11) is 0. The van der Waals surface area contributed by atoms with Crippen molar-refractivity contribution in [2.24, 2.45) is 0 Å². The molecule has 0 aliphatic carbocycles. The number of carbonyl (C=O) groups is 3. The highest BCUT2D eigenvalue weighted by atomic mass is 32.2. The molecular formula is C18H29NO6S2. The fourth-order valence-corrected chi connectivity index (χ4v) is 5.07. The highest BCUT2D eigenvalue weighted by Crippen LogP contribution is 2.44. The van der Waals surface area contributed by atoms with Gasteiger partial charge in [0.15, 0.2) is 11.0 Å². The van der Waals surface area contributed by atoms with Crippen molar-refractivity contribution in [2.45, 2.75) is 46.0 Å². The summed E-state index contributed by atoms with van der Waals surface area (Å²) in [6, 6.07) is 0. The van der Waals surface area contributed by atoms with Gasteiger partial charge in [-0.3, -0.25) is 9.69 Å². The maximum absolute atomic E-state index is 12.2. The van der Waals surface area contributed by atoms with Gasteiger partial charge in [0.05, 0.1) is 24.0 Å². The van der Waals surface area contributed by atoms with Crippen molar-refractivity contribution in [3.8, 4) is 0 Å². The summed E-state index contributed by atoms with van der Waals surface area (Å²) >= 11 is 2.49. The number of esters is 3. The Kier molecular flexibility index (Phi) is 11.5. The van der Waals surface area contributed by atoms with Crippen LogP contribution in [0.3, 0.4) is 0 Å². The zero-order valence-corrected chi connectivity index (χ0v) is 18.1. The molecule has 0 amide bonds. The third-order valence-corrected chi connectivity index (χ3v) is 6.18. The van der Waals surface area contributed by atoms with E-state index < -0.39 is 17.4 Å². The van der Waals surface area contributed by atoms with Crippen LogP contribution in [0, 0.1) is 0 Å². The van der Waals surface area contributed by atoms with Crippen molar-refractivity contribution in [3.63, 3.8) is 0 Å². The second-order valence-electron chi connectivity index (χ2n) is 5.73. The number of rotatable bonds is 11. The average molecular weight is 420 g/mol. The minimum absolute atomic E-state index is 0.120. The fraction of sp³-hybridized carbons (Fsp3) is 0.722. The van der Waals surface area contributed by atoms with Crippen LogP contribution in [0.25, 0.3) is 0 Å². The normalized spacial score (nSPS) is 16.3. The lowest BCUT2D eigenvalue weighted by molar-refractivity contribution is -0.147. The van der Waals surface area contributed by atoms with E-state index in [1.54, 1.807) is 13.8 Å². The zero-order chi connectivity index (χ0) is 20.2. The van der Waals surface area contributed by atoms with E-state index in [1.165, 1.54) is 23.5 Å². The van der Waals surface area contributed by atoms with Gasteiger partial charge in [-0.05, 0) is 39.8 Å². The van der Waals surface area contributed by atoms with Gasteiger partial charge in [0.2, 0.25) is 0 Å². The second-order valence-corrected chi connectivity index (χ2v) is 8.19. The Morgan fingerprint density at radius 3 is 2.04 bits per heavy atom. The summed E-state index contributed by atoms with van der Waals surface area (Å²) in [5, 5.41) is 0. The van der Waals surface area contributed by atoms with E-state index in [0.29, 0.717) is 9.99 Å². The number of hydrogen-bond acceptors (Lipinski definition) is 9. The Labute approximate surface area is 169 Å². The molecule has 0 radical (unpaired) electrons. The highest BCUT2D eigenvalue weighted by Gasteiger charge is 2.34. The molecular weight excluding hydrogens is 390 g/mol. The van der Waals surface area contributed by atoms with E-state index in [2.05, 4.69) is 18.7 Å². The molecule has 1 unspecified atom stereocenters. The van der Waals surface area contributed by atoms with Crippen LogP contribution in [0.2, 0.25) is 0 Å². The van der Waals surface area contributed by atoms with Gasteiger partial charge in [0, 0.05) is 5.75 Å². The van der Waals surface area contributed by atoms with Crippen LogP contribution >= 0.6 is 23.5 Å². The predicted molar refractivity (Wildman–Crippen MR) is 107 cm³/mol. The molecule has 27 heavy (non-hydrogen) atoms. The third kappa shape index (κ3) is 8.15. The highest BCUT2D eigenvalue weighted by molar-refractivity contribution is 8.25. The van der Waals surface area contributed by atoms with Crippen LogP contribution in [0.15, 0.2) is 9.81 Å². The van der Waals surface area contributed by atoms with E-state index in [4.69, 9.17) is 14.2 Å². The molecule has 1 fully saturated rings. The molecule has 0 N–H and O–H groups in total. The van der Waals surface area contributed by atoms with Gasteiger partial charge in [0.25, 0.3) is 0 Å². The van der Waals surface area contributed by atoms with Gasteiger partial charge in [-0.1, -0.05) is 25.6 Å². The van der Waals surface area contributed by atoms with Crippen molar-refractivity contribution in [1.29, 1.82) is 0 Å². The lowest BCUT2D eigenvalue weighted by Crippen LogP contribution is -2.33. The summed E-state index contributed by atoms with van der Waals surface area (Å²) < 4.78 is 15.9. The van der Waals surface area contributed by atoms with Crippen LogP contribution in [0.1, 0.15) is 40.5 Å². The van der Waals surface area contributed by atoms with Gasteiger partial charge in [-0.2, -0.15) is 0 Å². The van der Waals surface area contributed by atoms with E-state index >= 15 is 0 Å². The minimum atomic E-state index is -0.713. The van der Waals surface area contributed by atoms with E-state index in [-0.39, 0.29) is 31.3 Å². The van der Waals surface area contributed by atoms with Crippen molar-refractivity contribution < 1.29 is 28.6 Å². The van der Waals surface area contributed by atoms with Gasteiger partial charge < -0.3 is 14.2 Å². The molecule has 0 saturated carbocycles. The zero-order valence-electron chi connectivity index (χ0n) is 16.4. The lowest BCUT2D eigenvalue weighted by atomic mass is 10.3. The van der Waals surface area contributed by atoms with Gasteiger partial charge in [0.1, 0.15) is 0 Å². The van der Waals surface area contributed by atoms with Crippen molar-refractivity contribution in [2.75, 3.05) is 38.6 Å². The maximum Gasteiger partial charge on any atom is 0.347 e. The molecule has 1 atom stereocenters. The van der Waals surface area contributed by atoms with Gasteiger partial charge >= 0.3 is 17.9 Å². The molecule has 154 valence electrons. The van der Waals surface area contributed by atoms with E-state index in [0.717, 1.165) is 25.9 Å².